The van der Waals surface area contributed by atoms with Crippen LogP contribution in [0.5, 0.6) is 0 Å². The molecule has 0 N–H and O–H groups in total. The van der Waals surface area contributed by atoms with Crippen molar-refractivity contribution in [1.29, 1.82) is 0 Å². The van der Waals surface area contributed by atoms with Crippen LogP contribution in [0, 0.1) is 13.8 Å². The smallest absolute Gasteiger partial charge is 0.337 e. The molecule has 31 heavy (non-hydrogen) atoms. The number of methoxy groups -OCH3 is 1. The summed E-state index contributed by atoms with van der Waals surface area (Å²) >= 11 is 0. The first-order valence-corrected chi connectivity index (χ1v) is 10.2. The van der Waals surface area contributed by atoms with Crippen LogP contribution in [0.4, 0.5) is 0 Å². The zero-order valence-electron chi connectivity index (χ0n) is 18.1. The Morgan fingerprint density at radius 3 is 2.58 bits per heavy atom. The number of benzene rings is 1. The van der Waals surface area contributed by atoms with E-state index in [1.807, 2.05) is 19.9 Å². The van der Waals surface area contributed by atoms with Gasteiger partial charge in [0.25, 0.3) is 0 Å². The Morgan fingerprint density at radius 2 is 1.94 bits per heavy atom. The third-order valence-corrected chi connectivity index (χ3v) is 5.37. The second-order valence-electron chi connectivity index (χ2n) is 7.51. The van der Waals surface area contributed by atoms with E-state index < -0.39 is 11.9 Å². The molecule has 7 nitrogen and oxygen atoms in total. The SMILES string of the molecule is COC(=O)c1ccc(/C=C/C(=O)OCC(=O)c2cc(C)n(C[C@H]3CCCO3)c2C)cc1. The molecule has 0 spiro atoms. The summed E-state index contributed by atoms with van der Waals surface area (Å²) in [6, 6.07) is 8.41. The van der Waals surface area contributed by atoms with Crippen molar-refractivity contribution < 1.29 is 28.6 Å². The molecule has 1 fully saturated rings. The number of nitrogens with zero attached hydrogens (tertiary/aromatic N) is 1. The lowest BCUT2D eigenvalue weighted by atomic mass is 10.1. The summed E-state index contributed by atoms with van der Waals surface area (Å²) < 4.78 is 17.5. The Labute approximate surface area is 181 Å². The monoisotopic (exact) mass is 425 g/mol. The molecule has 0 saturated carbocycles. The van der Waals surface area contributed by atoms with Crippen molar-refractivity contribution >= 4 is 23.8 Å². The molecule has 0 aliphatic carbocycles. The highest BCUT2D eigenvalue weighted by molar-refractivity contribution is 6.00. The lowest BCUT2D eigenvalue weighted by molar-refractivity contribution is -0.136. The molecule has 1 aliphatic rings. The fraction of sp³-hybridized carbons (Fsp3) is 0.375. The van der Waals surface area contributed by atoms with Crippen LogP contribution < -0.4 is 0 Å². The number of hydrogen-bond donors (Lipinski definition) is 0. The number of Topliss-reactive ketones (excluding diaryl/α,β-unsaturated/α-hetero) is 1. The number of aryl methyl sites for hydroxylation is 1. The summed E-state index contributed by atoms with van der Waals surface area (Å²) in [7, 11) is 1.31. The van der Waals surface area contributed by atoms with Crippen LogP contribution in [0.15, 0.2) is 36.4 Å². The number of carbonyl (C=O) groups is 3. The van der Waals surface area contributed by atoms with Crippen molar-refractivity contribution in [2.45, 2.75) is 39.3 Å². The van der Waals surface area contributed by atoms with Gasteiger partial charge in [0, 0.05) is 36.2 Å². The van der Waals surface area contributed by atoms with Gasteiger partial charge in [0.15, 0.2) is 6.61 Å². The standard InChI is InChI=1S/C24H27NO6/c1-16-13-21(17(2)25(16)14-20-5-4-12-30-20)22(26)15-31-23(27)11-8-18-6-9-19(10-7-18)24(28)29-3/h6-11,13,20H,4-5,12,14-15H2,1-3H3/b11-8+/t20-/m1/s1. The molecule has 1 aliphatic heterocycles. The molecule has 7 heteroatoms. The minimum atomic E-state index is -0.612. The summed E-state index contributed by atoms with van der Waals surface area (Å²) in [6.45, 7) is 5.04. The molecule has 1 saturated heterocycles. The molecule has 164 valence electrons. The molecular weight excluding hydrogens is 398 g/mol. The second-order valence-corrected chi connectivity index (χ2v) is 7.51. The minimum absolute atomic E-state index is 0.178. The number of carbonyl (C=O) groups excluding carboxylic acids is 3. The Balaban J connectivity index is 1.54. The van der Waals surface area contributed by atoms with Gasteiger partial charge in [0.1, 0.15) is 0 Å². The Bertz CT molecular complexity index is 980. The van der Waals surface area contributed by atoms with Gasteiger partial charge < -0.3 is 18.8 Å². The zero-order valence-corrected chi connectivity index (χ0v) is 18.1. The maximum Gasteiger partial charge on any atom is 0.337 e. The fourth-order valence-corrected chi connectivity index (χ4v) is 3.63. The van der Waals surface area contributed by atoms with Crippen LogP contribution in [0.2, 0.25) is 0 Å². The Kier molecular flexibility index (Phi) is 7.41. The highest BCUT2D eigenvalue weighted by atomic mass is 16.5. The molecular formula is C24H27NO6. The molecule has 0 radical (unpaired) electrons. The summed E-state index contributed by atoms with van der Waals surface area (Å²) in [5, 5.41) is 0. The second kappa shape index (κ2) is 10.2. The first-order valence-electron chi connectivity index (χ1n) is 10.2. The topological polar surface area (TPSA) is 83.8 Å². The average Bonchev–Trinajstić information content (AvgIpc) is 3.39. The number of rotatable bonds is 8. The first-order chi connectivity index (χ1) is 14.9. The molecule has 1 aromatic carbocycles. The third-order valence-electron chi connectivity index (χ3n) is 5.37. The summed E-state index contributed by atoms with van der Waals surface area (Å²) in [4.78, 5) is 36.0. The predicted molar refractivity (Wildman–Crippen MR) is 115 cm³/mol. The van der Waals surface area contributed by atoms with E-state index >= 15 is 0 Å². The van der Waals surface area contributed by atoms with Crippen LogP contribution in [0.1, 0.15) is 50.5 Å². The van der Waals surface area contributed by atoms with E-state index in [1.54, 1.807) is 30.3 Å². The van der Waals surface area contributed by atoms with E-state index in [2.05, 4.69) is 9.30 Å². The van der Waals surface area contributed by atoms with Crippen LogP contribution in [-0.4, -0.2) is 48.7 Å². The number of ether oxygens (including phenoxy) is 3. The van der Waals surface area contributed by atoms with Gasteiger partial charge in [-0.15, -0.1) is 0 Å². The summed E-state index contributed by atoms with van der Waals surface area (Å²) in [5.74, 6) is -1.28. The van der Waals surface area contributed by atoms with E-state index in [1.165, 1.54) is 13.2 Å². The normalized spacial score (nSPS) is 15.9. The van der Waals surface area contributed by atoms with Crippen LogP contribution in [0.25, 0.3) is 6.08 Å². The van der Waals surface area contributed by atoms with Gasteiger partial charge in [-0.25, -0.2) is 9.59 Å². The van der Waals surface area contributed by atoms with Gasteiger partial charge >= 0.3 is 11.9 Å². The van der Waals surface area contributed by atoms with Gasteiger partial charge in [0.05, 0.1) is 18.8 Å². The number of esters is 2. The molecule has 3 rings (SSSR count). The molecule has 0 bridgehead atoms. The predicted octanol–water partition coefficient (Wildman–Crippen LogP) is 3.51. The van der Waals surface area contributed by atoms with Crippen molar-refractivity contribution in [3.8, 4) is 0 Å². The average molecular weight is 425 g/mol. The Morgan fingerprint density at radius 1 is 1.19 bits per heavy atom. The molecule has 2 aromatic rings. The fourth-order valence-electron chi connectivity index (χ4n) is 3.63. The largest absolute Gasteiger partial charge is 0.465 e. The molecule has 2 heterocycles. The summed E-state index contributed by atoms with van der Waals surface area (Å²) in [5.41, 5.74) is 3.54. The van der Waals surface area contributed by atoms with E-state index in [0.29, 0.717) is 16.7 Å². The summed E-state index contributed by atoms with van der Waals surface area (Å²) in [6.07, 6.45) is 5.07. The van der Waals surface area contributed by atoms with E-state index in [-0.39, 0.29) is 18.5 Å². The minimum Gasteiger partial charge on any atom is -0.465 e. The van der Waals surface area contributed by atoms with Gasteiger partial charge in [-0.3, -0.25) is 4.79 Å². The van der Waals surface area contributed by atoms with Crippen LogP contribution in [0.3, 0.4) is 0 Å². The van der Waals surface area contributed by atoms with Crippen molar-refractivity contribution in [2.75, 3.05) is 20.3 Å². The molecule has 1 aromatic heterocycles. The maximum absolute atomic E-state index is 12.6. The number of aromatic nitrogens is 1. The molecule has 1 atom stereocenters. The lowest BCUT2D eigenvalue weighted by Gasteiger charge is -2.14. The van der Waals surface area contributed by atoms with E-state index in [9.17, 15) is 14.4 Å². The van der Waals surface area contributed by atoms with Crippen LogP contribution in [-0.2, 0) is 25.5 Å². The number of hydrogen-bond acceptors (Lipinski definition) is 6. The highest BCUT2D eigenvalue weighted by Gasteiger charge is 2.21. The lowest BCUT2D eigenvalue weighted by Crippen LogP contribution is -2.18. The van der Waals surface area contributed by atoms with Gasteiger partial charge in [0.2, 0.25) is 5.78 Å². The van der Waals surface area contributed by atoms with Gasteiger partial charge in [-0.2, -0.15) is 0 Å². The van der Waals surface area contributed by atoms with Gasteiger partial charge in [-0.05, 0) is 56.5 Å². The highest BCUT2D eigenvalue weighted by Crippen LogP contribution is 2.20. The van der Waals surface area contributed by atoms with Gasteiger partial charge in [-0.1, -0.05) is 12.1 Å². The maximum atomic E-state index is 12.6. The van der Waals surface area contributed by atoms with Crippen molar-refractivity contribution in [3.05, 3.63) is 64.5 Å². The molecule has 0 unspecified atom stereocenters. The van der Waals surface area contributed by atoms with Crippen molar-refractivity contribution in [2.24, 2.45) is 0 Å². The number of ketones is 1. The zero-order chi connectivity index (χ0) is 22.4. The quantitative estimate of drug-likeness (QED) is 0.366. The van der Waals surface area contributed by atoms with E-state index in [4.69, 9.17) is 9.47 Å². The first kappa shape index (κ1) is 22.5. The molecule has 0 amide bonds. The van der Waals surface area contributed by atoms with Crippen molar-refractivity contribution in [3.63, 3.8) is 0 Å². The van der Waals surface area contributed by atoms with E-state index in [0.717, 1.165) is 37.4 Å². The third kappa shape index (κ3) is 5.70. The van der Waals surface area contributed by atoms with Crippen LogP contribution >= 0.6 is 0 Å². The van der Waals surface area contributed by atoms with Crippen molar-refractivity contribution in [1.82, 2.24) is 4.57 Å². The Hall–Kier alpha value is -3.19.